The van der Waals surface area contributed by atoms with Crippen molar-refractivity contribution in [3.05, 3.63) is 0 Å². The fourth-order valence-electron chi connectivity index (χ4n) is 3.60. The van der Waals surface area contributed by atoms with Crippen LogP contribution in [0.5, 0.6) is 0 Å². The van der Waals surface area contributed by atoms with E-state index in [9.17, 15) is 4.79 Å². The van der Waals surface area contributed by atoms with Gasteiger partial charge in [0, 0.05) is 6.54 Å². The summed E-state index contributed by atoms with van der Waals surface area (Å²) >= 11 is 0. The molecule has 1 amide bonds. The van der Waals surface area contributed by atoms with Crippen molar-refractivity contribution in [1.29, 1.82) is 0 Å². The van der Waals surface area contributed by atoms with E-state index in [0.29, 0.717) is 17.7 Å². The molecule has 4 nitrogen and oxygen atoms in total. The Hall–Kier alpha value is -0.610. The van der Waals surface area contributed by atoms with E-state index < -0.39 is 0 Å². The van der Waals surface area contributed by atoms with Gasteiger partial charge in [0.25, 0.3) is 0 Å². The van der Waals surface area contributed by atoms with Crippen molar-refractivity contribution in [2.75, 3.05) is 26.7 Å². The Morgan fingerprint density at radius 3 is 2.52 bits per heavy atom. The van der Waals surface area contributed by atoms with E-state index in [2.05, 4.69) is 42.9 Å². The molecule has 0 aromatic rings. The summed E-state index contributed by atoms with van der Waals surface area (Å²) < 4.78 is 0. The topological polar surface area (TPSA) is 35.6 Å². The second-order valence-electron chi connectivity index (χ2n) is 7.07. The number of carbonyl (C=O) groups is 1. The quantitative estimate of drug-likeness (QED) is 0.817. The lowest BCUT2D eigenvalue weighted by Gasteiger charge is -2.33. The van der Waals surface area contributed by atoms with Crippen LogP contribution in [0, 0.1) is 11.8 Å². The number of rotatable bonds is 6. The minimum Gasteiger partial charge on any atom is -0.326 e. The molecule has 21 heavy (non-hydrogen) atoms. The predicted octanol–water partition coefficient (Wildman–Crippen LogP) is 2.30. The standard InChI is InChI=1S/C17H33N3O/c1-5-7-15-18-16(13(3)6-2)17(21)20(15)12-14-8-10-19(4)11-9-14/h13-16,18H,5-12H2,1-4H3. The number of likely N-dealkylation sites (tertiary alicyclic amines) is 1. The number of amides is 1. The first-order valence-electron chi connectivity index (χ1n) is 8.81. The molecule has 122 valence electrons. The van der Waals surface area contributed by atoms with E-state index in [1.54, 1.807) is 0 Å². The highest BCUT2D eigenvalue weighted by Gasteiger charge is 2.41. The number of carbonyl (C=O) groups excluding carboxylic acids is 1. The maximum Gasteiger partial charge on any atom is 0.241 e. The van der Waals surface area contributed by atoms with E-state index >= 15 is 0 Å². The van der Waals surface area contributed by atoms with Crippen molar-refractivity contribution < 1.29 is 4.79 Å². The smallest absolute Gasteiger partial charge is 0.241 e. The lowest BCUT2D eigenvalue weighted by atomic mass is 9.95. The van der Waals surface area contributed by atoms with Crippen molar-refractivity contribution in [3.63, 3.8) is 0 Å². The molecule has 3 unspecified atom stereocenters. The number of hydrogen-bond donors (Lipinski definition) is 1. The molecule has 0 aromatic heterocycles. The molecule has 0 radical (unpaired) electrons. The van der Waals surface area contributed by atoms with Crippen molar-refractivity contribution >= 4 is 5.91 Å². The van der Waals surface area contributed by atoms with Gasteiger partial charge in [-0.1, -0.05) is 33.6 Å². The van der Waals surface area contributed by atoms with Gasteiger partial charge in [-0.2, -0.15) is 0 Å². The summed E-state index contributed by atoms with van der Waals surface area (Å²) in [5.74, 6) is 1.46. The first-order chi connectivity index (χ1) is 10.1. The van der Waals surface area contributed by atoms with Crippen LogP contribution in [0.25, 0.3) is 0 Å². The molecule has 0 bridgehead atoms. The van der Waals surface area contributed by atoms with Crippen LogP contribution >= 0.6 is 0 Å². The summed E-state index contributed by atoms with van der Waals surface area (Å²) in [7, 11) is 2.19. The predicted molar refractivity (Wildman–Crippen MR) is 87.0 cm³/mol. The zero-order valence-corrected chi connectivity index (χ0v) is 14.3. The minimum atomic E-state index is 0.0396. The highest BCUT2D eigenvalue weighted by molar-refractivity contribution is 5.84. The number of nitrogens with one attached hydrogen (secondary N) is 1. The molecule has 2 fully saturated rings. The highest BCUT2D eigenvalue weighted by Crippen LogP contribution is 2.25. The summed E-state index contributed by atoms with van der Waals surface area (Å²) in [6.45, 7) is 9.88. The second kappa shape index (κ2) is 7.59. The molecule has 1 N–H and O–H groups in total. The van der Waals surface area contributed by atoms with Crippen LogP contribution in [0.4, 0.5) is 0 Å². The molecule has 4 heteroatoms. The molecule has 2 rings (SSSR count). The molecule has 2 saturated heterocycles. The van der Waals surface area contributed by atoms with Gasteiger partial charge in [0.2, 0.25) is 5.91 Å². The number of piperidine rings is 1. The lowest BCUT2D eigenvalue weighted by molar-refractivity contribution is -0.131. The van der Waals surface area contributed by atoms with Crippen molar-refractivity contribution in [2.45, 2.75) is 65.1 Å². The van der Waals surface area contributed by atoms with Gasteiger partial charge in [-0.05, 0) is 51.2 Å². The van der Waals surface area contributed by atoms with Crippen LogP contribution in [0.2, 0.25) is 0 Å². The Morgan fingerprint density at radius 2 is 1.95 bits per heavy atom. The third kappa shape index (κ3) is 3.98. The van der Waals surface area contributed by atoms with Gasteiger partial charge in [-0.25, -0.2) is 0 Å². The van der Waals surface area contributed by atoms with E-state index in [-0.39, 0.29) is 12.2 Å². The van der Waals surface area contributed by atoms with Gasteiger partial charge in [0.05, 0.1) is 12.2 Å². The first-order valence-corrected chi connectivity index (χ1v) is 8.81. The summed E-state index contributed by atoms with van der Waals surface area (Å²) in [5.41, 5.74) is 0. The van der Waals surface area contributed by atoms with E-state index in [4.69, 9.17) is 0 Å². The Balaban J connectivity index is 1.98. The van der Waals surface area contributed by atoms with Gasteiger partial charge >= 0.3 is 0 Å². The van der Waals surface area contributed by atoms with Crippen LogP contribution < -0.4 is 5.32 Å². The summed E-state index contributed by atoms with van der Waals surface area (Å²) in [6, 6.07) is 0.0396. The lowest BCUT2D eigenvalue weighted by Crippen LogP contribution is -2.43. The van der Waals surface area contributed by atoms with Crippen molar-refractivity contribution in [2.24, 2.45) is 11.8 Å². The Morgan fingerprint density at radius 1 is 1.29 bits per heavy atom. The van der Waals surface area contributed by atoms with Gasteiger partial charge in [0.1, 0.15) is 0 Å². The fourth-order valence-corrected chi connectivity index (χ4v) is 3.60. The molecule has 2 aliphatic heterocycles. The molecular formula is C17H33N3O. The van der Waals surface area contributed by atoms with E-state index in [0.717, 1.165) is 25.8 Å². The summed E-state index contributed by atoms with van der Waals surface area (Å²) in [6.07, 6.45) is 5.99. The van der Waals surface area contributed by atoms with E-state index in [1.165, 1.54) is 25.9 Å². The van der Waals surface area contributed by atoms with Crippen LogP contribution in [0.3, 0.4) is 0 Å². The van der Waals surface area contributed by atoms with Crippen molar-refractivity contribution in [1.82, 2.24) is 15.1 Å². The Kier molecular flexibility index (Phi) is 6.06. The molecule has 2 heterocycles. The average Bonchev–Trinajstić information content (AvgIpc) is 2.78. The van der Waals surface area contributed by atoms with Crippen LogP contribution in [-0.4, -0.2) is 54.6 Å². The van der Waals surface area contributed by atoms with Gasteiger partial charge in [-0.3, -0.25) is 10.1 Å². The molecule has 0 spiro atoms. The SMILES string of the molecule is CCCC1NC(C(C)CC)C(=O)N1CC1CCN(C)CC1. The zero-order valence-electron chi connectivity index (χ0n) is 14.3. The van der Waals surface area contributed by atoms with Gasteiger partial charge in [0.15, 0.2) is 0 Å². The molecule has 0 aromatic carbocycles. The van der Waals surface area contributed by atoms with E-state index in [1.807, 2.05) is 0 Å². The van der Waals surface area contributed by atoms with Crippen LogP contribution in [-0.2, 0) is 4.79 Å². The number of nitrogens with zero attached hydrogens (tertiary/aromatic N) is 2. The monoisotopic (exact) mass is 295 g/mol. The molecule has 0 aliphatic carbocycles. The number of hydrogen-bond acceptors (Lipinski definition) is 3. The molecule has 3 atom stereocenters. The third-order valence-electron chi connectivity index (χ3n) is 5.37. The summed E-state index contributed by atoms with van der Waals surface area (Å²) in [4.78, 5) is 17.3. The molecular weight excluding hydrogens is 262 g/mol. The fraction of sp³-hybridized carbons (Fsp3) is 0.941. The van der Waals surface area contributed by atoms with Crippen molar-refractivity contribution in [3.8, 4) is 0 Å². The normalized spacial score (nSPS) is 30.1. The molecule has 0 saturated carbocycles. The average molecular weight is 295 g/mol. The third-order valence-corrected chi connectivity index (χ3v) is 5.37. The summed E-state index contributed by atoms with van der Waals surface area (Å²) in [5, 5.41) is 3.61. The second-order valence-corrected chi connectivity index (χ2v) is 7.07. The molecule has 2 aliphatic rings. The maximum absolute atomic E-state index is 12.8. The van der Waals surface area contributed by atoms with Crippen LogP contribution in [0.1, 0.15) is 52.9 Å². The first kappa shape index (κ1) is 16.8. The Labute approximate surface area is 130 Å². The largest absolute Gasteiger partial charge is 0.326 e. The highest BCUT2D eigenvalue weighted by atomic mass is 16.2. The Bertz CT molecular complexity index is 339. The maximum atomic E-state index is 12.8. The van der Waals surface area contributed by atoms with Crippen LogP contribution in [0.15, 0.2) is 0 Å². The van der Waals surface area contributed by atoms with Gasteiger partial charge in [-0.15, -0.1) is 0 Å². The van der Waals surface area contributed by atoms with Gasteiger partial charge < -0.3 is 9.80 Å². The minimum absolute atomic E-state index is 0.0396. The zero-order chi connectivity index (χ0) is 15.4.